The molecular formula is C21H19F4N3O. The highest BCUT2D eigenvalue weighted by atomic mass is 19.4. The number of nitrogens with two attached hydrogens (primary N) is 1. The Morgan fingerprint density at radius 2 is 1.79 bits per heavy atom. The van der Waals surface area contributed by atoms with Gasteiger partial charge in [0.1, 0.15) is 28.8 Å². The predicted molar refractivity (Wildman–Crippen MR) is 102 cm³/mol. The van der Waals surface area contributed by atoms with Crippen molar-refractivity contribution in [2.24, 2.45) is 0 Å². The Hall–Kier alpha value is -3.16. The van der Waals surface area contributed by atoms with Crippen LogP contribution in [0.25, 0.3) is 11.3 Å². The summed E-state index contributed by atoms with van der Waals surface area (Å²) in [5.41, 5.74) is 5.74. The first-order valence-corrected chi connectivity index (χ1v) is 8.97. The van der Waals surface area contributed by atoms with Crippen LogP contribution >= 0.6 is 0 Å². The molecule has 3 rings (SSSR count). The van der Waals surface area contributed by atoms with E-state index in [4.69, 9.17) is 10.5 Å². The molecule has 4 nitrogen and oxygen atoms in total. The summed E-state index contributed by atoms with van der Waals surface area (Å²) in [6.07, 6.45) is -2.97. The molecule has 0 bridgehead atoms. The molecule has 152 valence electrons. The minimum atomic E-state index is -4.65. The van der Waals surface area contributed by atoms with Gasteiger partial charge in [-0.3, -0.25) is 0 Å². The Morgan fingerprint density at radius 3 is 2.45 bits per heavy atom. The number of ether oxygens (including phenoxy) is 1. The highest BCUT2D eigenvalue weighted by molar-refractivity contribution is 5.76. The van der Waals surface area contributed by atoms with Crippen LogP contribution in [0.15, 0.2) is 42.5 Å². The monoisotopic (exact) mass is 405 g/mol. The van der Waals surface area contributed by atoms with Crippen molar-refractivity contribution in [1.82, 2.24) is 9.97 Å². The number of hydrogen-bond donors (Lipinski definition) is 1. The fourth-order valence-corrected chi connectivity index (χ4v) is 2.91. The van der Waals surface area contributed by atoms with Gasteiger partial charge < -0.3 is 10.5 Å². The van der Waals surface area contributed by atoms with Gasteiger partial charge in [0.2, 0.25) is 5.88 Å². The lowest BCUT2D eigenvalue weighted by molar-refractivity contribution is -0.137. The summed E-state index contributed by atoms with van der Waals surface area (Å²) >= 11 is 0. The van der Waals surface area contributed by atoms with E-state index in [2.05, 4.69) is 9.97 Å². The molecule has 0 aliphatic rings. The summed E-state index contributed by atoms with van der Waals surface area (Å²) in [7, 11) is 0. The number of nitrogens with zero attached hydrogens (tertiary/aromatic N) is 2. The third kappa shape index (κ3) is 4.47. The molecule has 0 fully saturated rings. The molecule has 0 spiro atoms. The summed E-state index contributed by atoms with van der Waals surface area (Å²) in [6, 6.07) is 9.57. The summed E-state index contributed by atoms with van der Waals surface area (Å²) in [4.78, 5) is 8.30. The normalized spacial score (nSPS) is 11.5. The maximum atomic E-state index is 14.4. The summed E-state index contributed by atoms with van der Waals surface area (Å²) in [6.45, 7) is 3.60. The van der Waals surface area contributed by atoms with Crippen LogP contribution in [0, 0.1) is 12.7 Å². The summed E-state index contributed by atoms with van der Waals surface area (Å²) < 4.78 is 58.8. The smallest absolute Gasteiger partial charge is 0.416 e. The van der Waals surface area contributed by atoms with Gasteiger partial charge in [0.25, 0.3) is 0 Å². The van der Waals surface area contributed by atoms with Gasteiger partial charge in [-0.1, -0.05) is 31.5 Å². The fourth-order valence-electron chi connectivity index (χ4n) is 2.91. The third-order valence-corrected chi connectivity index (χ3v) is 4.27. The molecule has 8 heteroatoms. The molecule has 0 saturated carbocycles. The fraction of sp³-hybridized carbons (Fsp3) is 0.238. The van der Waals surface area contributed by atoms with Gasteiger partial charge in [-0.25, -0.2) is 9.37 Å². The highest BCUT2D eigenvalue weighted by Gasteiger charge is 2.31. The van der Waals surface area contributed by atoms with Gasteiger partial charge in [0.15, 0.2) is 0 Å². The van der Waals surface area contributed by atoms with E-state index in [1.807, 2.05) is 19.1 Å². The summed E-state index contributed by atoms with van der Waals surface area (Å²) in [5.74, 6) is -0.258. The Bertz CT molecular complexity index is 1030. The number of nitrogen functional groups attached to an aromatic ring is 1. The van der Waals surface area contributed by atoms with Crippen LogP contribution in [0.5, 0.6) is 11.6 Å². The molecule has 0 saturated heterocycles. The van der Waals surface area contributed by atoms with E-state index < -0.39 is 17.6 Å². The molecule has 0 unspecified atom stereocenters. The largest absolute Gasteiger partial charge is 0.437 e. The third-order valence-electron chi connectivity index (χ3n) is 4.27. The lowest BCUT2D eigenvalue weighted by Gasteiger charge is -2.15. The zero-order valence-corrected chi connectivity index (χ0v) is 15.8. The maximum absolute atomic E-state index is 14.4. The minimum Gasteiger partial charge on any atom is -0.437 e. The van der Waals surface area contributed by atoms with Crippen LogP contribution in [-0.2, 0) is 12.6 Å². The average Bonchev–Trinajstić information content (AvgIpc) is 2.65. The van der Waals surface area contributed by atoms with Crippen molar-refractivity contribution >= 4 is 5.69 Å². The highest BCUT2D eigenvalue weighted by Crippen LogP contribution is 2.37. The van der Waals surface area contributed by atoms with E-state index in [0.29, 0.717) is 11.8 Å². The number of aromatic nitrogens is 2. The maximum Gasteiger partial charge on any atom is 0.416 e. The minimum absolute atomic E-state index is 0.0216. The first-order chi connectivity index (χ1) is 13.7. The lowest BCUT2D eigenvalue weighted by Crippen LogP contribution is -2.07. The molecule has 2 aromatic carbocycles. The van der Waals surface area contributed by atoms with Crippen molar-refractivity contribution in [3.8, 4) is 22.9 Å². The van der Waals surface area contributed by atoms with Gasteiger partial charge in [0, 0.05) is 5.56 Å². The zero-order chi connectivity index (χ0) is 21.2. The first kappa shape index (κ1) is 20.6. The van der Waals surface area contributed by atoms with Crippen molar-refractivity contribution in [2.45, 2.75) is 32.9 Å². The Kier molecular flexibility index (Phi) is 5.72. The molecule has 3 aromatic rings. The number of rotatable bonds is 5. The van der Waals surface area contributed by atoms with Crippen LogP contribution in [0.1, 0.15) is 30.3 Å². The molecular weight excluding hydrogens is 386 g/mol. The molecule has 1 heterocycles. The lowest BCUT2D eigenvalue weighted by atomic mass is 10.1. The van der Waals surface area contributed by atoms with Gasteiger partial charge in [-0.15, -0.1) is 0 Å². The predicted octanol–water partition coefficient (Wildman–Crippen LogP) is 5.94. The van der Waals surface area contributed by atoms with E-state index in [1.54, 1.807) is 19.1 Å². The number of hydrogen-bond acceptors (Lipinski definition) is 4. The topological polar surface area (TPSA) is 61.0 Å². The molecule has 0 atom stereocenters. The van der Waals surface area contributed by atoms with Gasteiger partial charge in [-0.05, 0) is 43.2 Å². The van der Waals surface area contributed by atoms with Gasteiger partial charge in [0.05, 0.1) is 5.56 Å². The van der Waals surface area contributed by atoms with E-state index >= 15 is 0 Å². The van der Waals surface area contributed by atoms with Gasteiger partial charge in [-0.2, -0.15) is 18.2 Å². The molecule has 0 amide bonds. The van der Waals surface area contributed by atoms with E-state index in [1.165, 1.54) is 0 Å². The molecule has 0 aliphatic carbocycles. The van der Waals surface area contributed by atoms with Crippen LogP contribution in [0.3, 0.4) is 0 Å². The second kappa shape index (κ2) is 8.06. The molecule has 0 radical (unpaired) electrons. The Labute approximate surface area is 165 Å². The number of benzene rings is 2. The molecule has 2 N–H and O–H groups in total. The van der Waals surface area contributed by atoms with Crippen LogP contribution in [-0.4, -0.2) is 9.97 Å². The molecule has 1 aromatic heterocycles. The zero-order valence-electron chi connectivity index (χ0n) is 15.8. The van der Waals surface area contributed by atoms with Crippen LogP contribution < -0.4 is 10.5 Å². The van der Waals surface area contributed by atoms with Crippen molar-refractivity contribution in [2.75, 3.05) is 5.73 Å². The van der Waals surface area contributed by atoms with Crippen molar-refractivity contribution in [3.05, 3.63) is 65.2 Å². The Morgan fingerprint density at radius 1 is 1.07 bits per heavy atom. The van der Waals surface area contributed by atoms with E-state index in [-0.39, 0.29) is 28.6 Å². The average molecular weight is 405 g/mol. The van der Waals surface area contributed by atoms with Crippen LogP contribution in [0.4, 0.5) is 23.2 Å². The molecule has 29 heavy (non-hydrogen) atoms. The number of alkyl halides is 3. The van der Waals surface area contributed by atoms with Crippen LogP contribution in [0.2, 0.25) is 0 Å². The van der Waals surface area contributed by atoms with Gasteiger partial charge >= 0.3 is 6.18 Å². The number of halogens is 4. The number of anilines is 1. The SMILES string of the molecule is CCCc1ccccc1Oc1nc(C)nc(-c2ccc(C(F)(F)F)cc2F)c1N. The summed E-state index contributed by atoms with van der Waals surface area (Å²) in [5, 5.41) is 0. The van der Waals surface area contributed by atoms with Crippen molar-refractivity contribution < 1.29 is 22.3 Å². The van der Waals surface area contributed by atoms with E-state index in [9.17, 15) is 17.6 Å². The number of aryl methyl sites for hydroxylation is 2. The quantitative estimate of drug-likeness (QED) is 0.534. The van der Waals surface area contributed by atoms with Crippen molar-refractivity contribution in [3.63, 3.8) is 0 Å². The van der Waals surface area contributed by atoms with E-state index in [0.717, 1.165) is 30.5 Å². The molecule has 0 aliphatic heterocycles. The van der Waals surface area contributed by atoms with Crippen molar-refractivity contribution in [1.29, 1.82) is 0 Å². The first-order valence-electron chi connectivity index (χ1n) is 8.97. The standard InChI is InChI=1S/C21H19F4N3O/c1-3-6-13-7-4-5-8-17(13)29-20-18(26)19(27-12(2)28-20)15-10-9-14(11-16(15)22)21(23,24)25/h4-5,7-11H,3,6,26H2,1-2H3. The second-order valence-electron chi connectivity index (χ2n) is 6.49. The Balaban J connectivity index is 2.05. The number of para-hydroxylation sites is 1. The second-order valence-corrected chi connectivity index (χ2v) is 6.49.